The third-order valence-electron chi connectivity index (χ3n) is 4.45. The lowest BCUT2D eigenvalue weighted by molar-refractivity contribution is -0.106. The summed E-state index contributed by atoms with van der Waals surface area (Å²) < 4.78 is 17.1. The summed E-state index contributed by atoms with van der Waals surface area (Å²) in [4.78, 5) is 0. The van der Waals surface area contributed by atoms with Gasteiger partial charge in [-0.25, -0.2) is 0 Å². The van der Waals surface area contributed by atoms with Crippen molar-refractivity contribution in [1.82, 2.24) is 0 Å². The lowest BCUT2D eigenvalue weighted by Gasteiger charge is -2.25. The van der Waals surface area contributed by atoms with Gasteiger partial charge in [-0.2, -0.15) is 5.26 Å². The van der Waals surface area contributed by atoms with Crippen LogP contribution < -0.4 is 9.47 Å². The fourth-order valence-corrected chi connectivity index (χ4v) is 3.03. The summed E-state index contributed by atoms with van der Waals surface area (Å²) in [6.07, 6.45) is 3.60. The number of nitriles is 1. The molecule has 130 valence electrons. The van der Waals surface area contributed by atoms with Crippen molar-refractivity contribution in [2.24, 2.45) is 0 Å². The van der Waals surface area contributed by atoms with E-state index in [1.54, 1.807) is 7.11 Å². The number of hydrogen-bond donors (Lipinski definition) is 0. The highest BCUT2D eigenvalue weighted by Gasteiger charge is 2.21. The second-order valence-electron chi connectivity index (χ2n) is 6.13. The van der Waals surface area contributed by atoms with Gasteiger partial charge < -0.3 is 14.2 Å². The minimum atomic E-state index is -0.316. The van der Waals surface area contributed by atoms with Gasteiger partial charge in [0.2, 0.25) is 0 Å². The van der Waals surface area contributed by atoms with E-state index in [1.165, 1.54) is 5.56 Å². The predicted molar refractivity (Wildman–Crippen MR) is 96.7 cm³/mol. The lowest BCUT2D eigenvalue weighted by Crippen LogP contribution is -2.25. The van der Waals surface area contributed by atoms with Gasteiger partial charge in [0.1, 0.15) is 6.07 Å². The van der Waals surface area contributed by atoms with Gasteiger partial charge in [-0.15, -0.1) is 0 Å². The highest BCUT2D eigenvalue weighted by atomic mass is 16.7. The molecule has 0 aromatic heterocycles. The van der Waals surface area contributed by atoms with Crippen molar-refractivity contribution in [1.29, 1.82) is 5.26 Å². The van der Waals surface area contributed by atoms with Gasteiger partial charge in [-0.1, -0.05) is 31.2 Å². The van der Waals surface area contributed by atoms with Crippen LogP contribution in [0.3, 0.4) is 0 Å². The Morgan fingerprint density at radius 3 is 2.76 bits per heavy atom. The molecule has 3 rings (SSSR count). The monoisotopic (exact) mass is 337 g/mol. The van der Waals surface area contributed by atoms with E-state index in [1.807, 2.05) is 24.3 Å². The molecule has 1 aliphatic rings. The molecule has 0 aliphatic carbocycles. The van der Waals surface area contributed by atoms with Crippen LogP contribution in [0.15, 0.2) is 36.4 Å². The first kappa shape index (κ1) is 17.3. The van der Waals surface area contributed by atoms with E-state index >= 15 is 0 Å². The zero-order valence-electron chi connectivity index (χ0n) is 14.7. The first-order valence-corrected chi connectivity index (χ1v) is 8.75. The molecule has 4 nitrogen and oxygen atoms in total. The molecule has 1 saturated heterocycles. The molecule has 4 heteroatoms. The summed E-state index contributed by atoms with van der Waals surface area (Å²) in [6, 6.07) is 14.3. The fourth-order valence-electron chi connectivity index (χ4n) is 3.03. The Balaban J connectivity index is 1.98. The van der Waals surface area contributed by atoms with E-state index in [0.29, 0.717) is 23.7 Å². The van der Waals surface area contributed by atoms with Crippen molar-refractivity contribution in [3.63, 3.8) is 0 Å². The summed E-state index contributed by atoms with van der Waals surface area (Å²) in [7, 11) is 1.59. The zero-order chi connectivity index (χ0) is 17.6. The SMILES string of the molecule is CCc1cccc(-c2cc(C#N)c(OC3CCCCO3)c(OC)c2)c1. The van der Waals surface area contributed by atoms with Crippen molar-refractivity contribution in [3.8, 4) is 28.7 Å². The van der Waals surface area contributed by atoms with Crippen molar-refractivity contribution < 1.29 is 14.2 Å². The molecule has 2 aromatic carbocycles. The standard InChI is InChI=1S/C21H23NO3/c1-3-15-7-6-8-16(11-15)17-12-18(14-22)21(19(13-17)23-2)25-20-9-4-5-10-24-20/h6-8,11-13,20H,3-5,9-10H2,1-2H3. The summed E-state index contributed by atoms with van der Waals surface area (Å²) in [6.45, 7) is 2.82. The molecule has 0 bridgehead atoms. The van der Waals surface area contributed by atoms with Crippen LogP contribution in [0.1, 0.15) is 37.3 Å². The van der Waals surface area contributed by atoms with Crippen molar-refractivity contribution in [2.45, 2.75) is 38.9 Å². The Hall–Kier alpha value is -2.51. The van der Waals surface area contributed by atoms with Crippen LogP contribution in [0.25, 0.3) is 11.1 Å². The molecule has 2 aromatic rings. The van der Waals surface area contributed by atoms with E-state index in [2.05, 4.69) is 25.1 Å². The van der Waals surface area contributed by atoms with Crippen LogP contribution in [0.5, 0.6) is 11.5 Å². The number of rotatable bonds is 5. The summed E-state index contributed by atoms with van der Waals surface area (Å²) in [5.74, 6) is 1.03. The molecule has 0 radical (unpaired) electrons. The number of methoxy groups -OCH3 is 1. The second-order valence-corrected chi connectivity index (χ2v) is 6.13. The van der Waals surface area contributed by atoms with Gasteiger partial charge in [0.25, 0.3) is 0 Å². The third-order valence-corrected chi connectivity index (χ3v) is 4.45. The molecular weight excluding hydrogens is 314 g/mol. The molecule has 0 N–H and O–H groups in total. The van der Waals surface area contributed by atoms with E-state index in [-0.39, 0.29) is 6.29 Å². The maximum Gasteiger partial charge on any atom is 0.200 e. The van der Waals surface area contributed by atoms with Crippen molar-refractivity contribution in [2.75, 3.05) is 13.7 Å². The van der Waals surface area contributed by atoms with Crippen LogP contribution in [0.2, 0.25) is 0 Å². The quantitative estimate of drug-likeness (QED) is 0.793. The molecule has 1 atom stereocenters. The normalized spacial score (nSPS) is 16.9. The third kappa shape index (κ3) is 3.94. The maximum atomic E-state index is 9.61. The highest BCUT2D eigenvalue weighted by Crippen LogP contribution is 2.38. The van der Waals surface area contributed by atoms with Gasteiger partial charge in [0.15, 0.2) is 17.8 Å². The van der Waals surface area contributed by atoms with Crippen molar-refractivity contribution >= 4 is 0 Å². The summed E-state index contributed by atoms with van der Waals surface area (Å²) in [5.41, 5.74) is 3.73. The second kappa shape index (κ2) is 8.04. The molecule has 0 saturated carbocycles. The van der Waals surface area contributed by atoms with E-state index < -0.39 is 0 Å². The molecule has 25 heavy (non-hydrogen) atoms. The minimum absolute atomic E-state index is 0.316. The molecule has 0 amide bonds. The molecular formula is C21H23NO3. The Morgan fingerprint density at radius 1 is 1.20 bits per heavy atom. The molecule has 1 heterocycles. The van der Waals surface area contributed by atoms with Gasteiger partial charge >= 0.3 is 0 Å². The van der Waals surface area contributed by atoms with Gasteiger partial charge in [0.05, 0.1) is 19.3 Å². The Morgan fingerprint density at radius 2 is 2.08 bits per heavy atom. The average Bonchev–Trinajstić information content (AvgIpc) is 2.68. The van der Waals surface area contributed by atoms with E-state index in [9.17, 15) is 5.26 Å². The van der Waals surface area contributed by atoms with Gasteiger partial charge in [-0.3, -0.25) is 0 Å². The molecule has 1 aliphatic heterocycles. The first-order valence-electron chi connectivity index (χ1n) is 8.75. The summed E-state index contributed by atoms with van der Waals surface area (Å²) >= 11 is 0. The van der Waals surface area contributed by atoms with Crippen LogP contribution in [-0.4, -0.2) is 20.0 Å². The van der Waals surface area contributed by atoms with E-state index in [4.69, 9.17) is 14.2 Å². The van der Waals surface area contributed by atoms with Crippen LogP contribution in [0, 0.1) is 11.3 Å². The van der Waals surface area contributed by atoms with E-state index in [0.717, 1.165) is 36.8 Å². The first-order chi connectivity index (χ1) is 12.2. The number of ether oxygens (including phenoxy) is 3. The summed E-state index contributed by atoms with van der Waals surface area (Å²) in [5, 5.41) is 9.61. The van der Waals surface area contributed by atoms with Crippen LogP contribution >= 0.6 is 0 Å². The molecule has 1 fully saturated rings. The number of aryl methyl sites for hydroxylation is 1. The van der Waals surface area contributed by atoms with Crippen molar-refractivity contribution in [3.05, 3.63) is 47.5 Å². The van der Waals surface area contributed by atoms with Crippen LogP contribution in [0.4, 0.5) is 0 Å². The average molecular weight is 337 g/mol. The van der Waals surface area contributed by atoms with Crippen LogP contribution in [-0.2, 0) is 11.2 Å². The van der Waals surface area contributed by atoms with Gasteiger partial charge in [0, 0.05) is 6.42 Å². The number of benzene rings is 2. The minimum Gasteiger partial charge on any atom is -0.493 e. The predicted octanol–water partition coefficient (Wildman–Crippen LogP) is 4.70. The highest BCUT2D eigenvalue weighted by molar-refractivity contribution is 5.71. The topological polar surface area (TPSA) is 51.5 Å². The largest absolute Gasteiger partial charge is 0.493 e. The molecule has 0 spiro atoms. The fraction of sp³-hybridized carbons (Fsp3) is 0.381. The smallest absolute Gasteiger partial charge is 0.200 e. The number of nitrogens with zero attached hydrogens (tertiary/aromatic N) is 1. The molecule has 1 unspecified atom stereocenters. The zero-order valence-corrected chi connectivity index (χ0v) is 14.7. The number of hydrogen-bond acceptors (Lipinski definition) is 4. The van der Waals surface area contributed by atoms with Gasteiger partial charge in [-0.05, 0) is 48.1 Å². The lowest BCUT2D eigenvalue weighted by atomic mass is 9.99. The Labute approximate surface area is 149 Å². The Kier molecular flexibility index (Phi) is 5.57. The Bertz CT molecular complexity index is 773. The maximum absolute atomic E-state index is 9.61.